The summed E-state index contributed by atoms with van der Waals surface area (Å²) in [7, 11) is 0. The van der Waals surface area contributed by atoms with Gasteiger partial charge in [-0.2, -0.15) is 0 Å². The molecule has 1 nitrogen and oxygen atoms in total. The van der Waals surface area contributed by atoms with Gasteiger partial charge in [0.25, 0.3) is 0 Å². The van der Waals surface area contributed by atoms with Crippen molar-refractivity contribution in [2.45, 2.75) is 13.3 Å². The number of hydrogen-bond donors (Lipinski definition) is 1. The van der Waals surface area contributed by atoms with Gasteiger partial charge in [-0.15, -0.1) is 13.2 Å². The van der Waals surface area contributed by atoms with E-state index in [2.05, 4.69) is 13.2 Å². The first-order chi connectivity index (χ1) is 3.83. The molecule has 0 rings (SSSR count). The third-order valence-electron chi connectivity index (χ3n) is 0.333. The van der Waals surface area contributed by atoms with Gasteiger partial charge in [0.05, 0.1) is 0 Å². The number of rotatable bonds is 2. The van der Waals surface area contributed by atoms with Gasteiger partial charge >= 0.3 is 0 Å². The second kappa shape index (κ2) is 16.1. The van der Waals surface area contributed by atoms with E-state index in [0.717, 1.165) is 0 Å². The van der Waals surface area contributed by atoms with E-state index in [1.807, 2.05) is 6.92 Å². The molecular weight excluding hydrogens is 100 g/mol. The molecule has 0 aliphatic carbocycles. The minimum Gasteiger partial charge on any atom is -0.396 e. The lowest BCUT2D eigenvalue weighted by Crippen LogP contribution is -1.71. The molecule has 0 aromatic rings. The van der Waals surface area contributed by atoms with Gasteiger partial charge in [0, 0.05) is 6.61 Å². The highest BCUT2D eigenvalue weighted by Crippen LogP contribution is 1.69. The standard InChI is InChI=1S/C4H8O.C3H6/c1-2-3-4-5;1-3-2/h2,5H,1,3-4H2;3H,1H2,2H3. The lowest BCUT2D eigenvalue weighted by atomic mass is 10.5. The molecule has 0 heterocycles. The molecule has 48 valence electrons. The molecule has 0 spiro atoms. The molecule has 0 fully saturated rings. The highest BCUT2D eigenvalue weighted by atomic mass is 16.2. The Morgan fingerprint density at radius 2 is 1.88 bits per heavy atom. The van der Waals surface area contributed by atoms with Crippen LogP contribution >= 0.6 is 0 Å². The number of aliphatic hydroxyl groups excluding tert-OH is 1. The van der Waals surface area contributed by atoms with Crippen LogP contribution in [-0.2, 0) is 0 Å². The molecule has 0 atom stereocenters. The van der Waals surface area contributed by atoms with E-state index < -0.39 is 0 Å². The molecule has 0 saturated heterocycles. The van der Waals surface area contributed by atoms with Gasteiger partial charge in [0.15, 0.2) is 0 Å². The van der Waals surface area contributed by atoms with E-state index in [4.69, 9.17) is 5.11 Å². The van der Waals surface area contributed by atoms with Crippen molar-refractivity contribution in [3.63, 3.8) is 0 Å². The highest BCUT2D eigenvalue weighted by Gasteiger charge is 1.62. The third-order valence-corrected chi connectivity index (χ3v) is 0.333. The summed E-state index contributed by atoms with van der Waals surface area (Å²) in [6.07, 6.45) is 4.14. The zero-order chi connectivity index (χ0) is 6.83. The molecule has 0 unspecified atom stereocenters. The van der Waals surface area contributed by atoms with Gasteiger partial charge in [-0.05, 0) is 13.3 Å². The zero-order valence-corrected chi connectivity index (χ0v) is 5.43. The van der Waals surface area contributed by atoms with Crippen LogP contribution in [0, 0.1) is 0 Å². The smallest absolute Gasteiger partial charge is 0.0465 e. The topological polar surface area (TPSA) is 20.2 Å². The molecule has 0 aromatic heterocycles. The maximum Gasteiger partial charge on any atom is 0.0465 e. The maximum absolute atomic E-state index is 8.00. The van der Waals surface area contributed by atoms with Crippen LogP contribution in [-0.4, -0.2) is 11.7 Å². The van der Waals surface area contributed by atoms with Crippen molar-refractivity contribution in [2.24, 2.45) is 0 Å². The second-order valence-electron chi connectivity index (χ2n) is 1.21. The summed E-state index contributed by atoms with van der Waals surface area (Å²) >= 11 is 0. The molecule has 0 aliphatic rings. The van der Waals surface area contributed by atoms with Gasteiger partial charge in [0.2, 0.25) is 0 Å². The Bertz CT molecular complexity index is 48.3. The summed E-state index contributed by atoms with van der Waals surface area (Å²) in [5, 5.41) is 8.00. The molecule has 0 radical (unpaired) electrons. The maximum atomic E-state index is 8.00. The van der Waals surface area contributed by atoms with Crippen LogP contribution in [0.2, 0.25) is 0 Å². The van der Waals surface area contributed by atoms with E-state index in [1.54, 1.807) is 12.2 Å². The summed E-state index contributed by atoms with van der Waals surface area (Å²) in [6.45, 7) is 8.87. The fourth-order valence-electron chi connectivity index (χ4n) is 0.0913. The van der Waals surface area contributed by atoms with E-state index in [0.29, 0.717) is 6.42 Å². The quantitative estimate of drug-likeness (QED) is 0.542. The van der Waals surface area contributed by atoms with Gasteiger partial charge in [-0.25, -0.2) is 0 Å². The molecule has 0 aliphatic heterocycles. The summed E-state index contributed by atoms with van der Waals surface area (Å²) in [5.74, 6) is 0. The average Bonchev–Trinajstić information content (AvgIpc) is 1.71. The van der Waals surface area contributed by atoms with Gasteiger partial charge < -0.3 is 5.11 Å². The van der Waals surface area contributed by atoms with Crippen molar-refractivity contribution in [1.82, 2.24) is 0 Å². The summed E-state index contributed by atoms with van der Waals surface area (Å²) in [6, 6.07) is 0. The average molecular weight is 114 g/mol. The van der Waals surface area contributed by atoms with Crippen molar-refractivity contribution in [3.05, 3.63) is 25.3 Å². The molecular formula is C7H14O. The predicted molar refractivity (Wildman–Crippen MR) is 37.8 cm³/mol. The molecule has 8 heavy (non-hydrogen) atoms. The molecule has 0 bridgehead atoms. The lowest BCUT2D eigenvalue weighted by molar-refractivity contribution is 0.303. The van der Waals surface area contributed by atoms with Crippen LogP contribution in [0.15, 0.2) is 25.3 Å². The fourth-order valence-corrected chi connectivity index (χ4v) is 0.0913. The van der Waals surface area contributed by atoms with Crippen LogP contribution in [0.3, 0.4) is 0 Å². The molecule has 0 amide bonds. The largest absolute Gasteiger partial charge is 0.396 e. The van der Waals surface area contributed by atoms with Gasteiger partial charge in [0.1, 0.15) is 0 Å². The highest BCUT2D eigenvalue weighted by molar-refractivity contribution is 4.63. The minimum absolute atomic E-state index is 0.226. The second-order valence-corrected chi connectivity index (χ2v) is 1.21. The van der Waals surface area contributed by atoms with Crippen molar-refractivity contribution in [1.29, 1.82) is 0 Å². The van der Waals surface area contributed by atoms with Crippen LogP contribution in [0.4, 0.5) is 0 Å². The zero-order valence-electron chi connectivity index (χ0n) is 5.43. The lowest BCUT2D eigenvalue weighted by Gasteiger charge is -1.73. The summed E-state index contributed by atoms with van der Waals surface area (Å²) < 4.78 is 0. The van der Waals surface area contributed by atoms with Crippen LogP contribution in [0.1, 0.15) is 13.3 Å². The number of allylic oxidation sites excluding steroid dienone is 1. The summed E-state index contributed by atoms with van der Waals surface area (Å²) in [5.41, 5.74) is 0. The Balaban J connectivity index is 0. The number of aliphatic hydroxyl groups is 1. The van der Waals surface area contributed by atoms with Crippen molar-refractivity contribution >= 4 is 0 Å². The third kappa shape index (κ3) is 51.7. The van der Waals surface area contributed by atoms with Crippen LogP contribution in [0.25, 0.3) is 0 Å². The molecule has 0 aromatic carbocycles. The molecule has 0 saturated carbocycles. The van der Waals surface area contributed by atoms with Crippen LogP contribution < -0.4 is 0 Å². The Hall–Kier alpha value is -0.560. The van der Waals surface area contributed by atoms with Crippen LogP contribution in [0.5, 0.6) is 0 Å². The Morgan fingerprint density at radius 1 is 1.50 bits per heavy atom. The van der Waals surface area contributed by atoms with E-state index in [-0.39, 0.29) is 6.61 Å². The Kier molecular flexibility index (Phi) is 21.0. The first kappa shape index (κ1) is 10.4. The molecule has 1 N–H and O–H groups in total. The van der Waals surface area contributed by atoms with Crippen molar-refractivity contribution < 1.29 is 5.11 Å². The number of hydrogen-bond acceptors (Lipinski definition) is 1. The fraction of sp³-hybridized carbons (Fsp3) is 0.429. The first-order valence-corrected chi connectivity index (χ1v) is 2.62. The van der Waals surface area contributed by atoms with Crippen molar-refractivity contribution in [2.75, 3.05) is 6.61 Å². The first-order valence-electron chi connectivity index (χ1n) is 2.62. The predicted octanol–water partition coefficient (Wildman–Crippen LogP) is 1.75. The van der Waals surface area contributed by atoms with Crippen molar-refractivity contribution in [3.8, 4) is 0 Å². The van der Waals surface area contributed by atoms with Gasteiger partial charge in [-0.1, -0.05) is 12.2 Å². The Morgan fingerprint density at radius 3 is 1.88 bits per heavy atom. The van der Waals surface area contributed by atoms with E-state index >= 15 is 0 Å². The minimum atomic E-state index is 0.226. The SMILES string of the molecule is C=CC.C=CCCO. The molecule has 1 heteroatoms. The Labute approximate surface area is 51.3 Å². The summed E-state index contributed by atoms with van der Waals surface area (Å²) in [4.78, 5) is 0. The van der Waals surface area contributed by atoms with Gasteiger partial charge in [-0.3, -0.25) is 0 Å². The van der Waals surface area contributed by atoms with E-state index in [9.17, 15) is 0 Å². The monoisotopic (exact) mass is 114 g/mol. The van der Waals surface area contributed by atoms with E-state index in [1.165, 1.54) is 0 Å². The normalized spacial score (nSPS) is 6.25.